The molecule has 12 atom stereocenters. The van der Waals surface area contributed by atoms with Gasteiger partial charge >= 0.3 is 0 Å². The Bertz CT molecular complexity index is 2690. The van der Waals surface area contributed by atoms with Gasteiger partial charge in [0, 0.05) is 65.7 Å². The van der Waals surface area contributed by atoms with Crippen molar-refractivity contribution in [3.05, 3.63) is 108 Å². The first-order chi connectivity index (χ1) is 36.4. The van der Waals surface area contributed by atoms with Crippen LogP contribution in [0.15, 0.2) is 91.1 Å². The van der Waals surface area contributed by atoms with E-state index < -0.39 is 124 Å². The molecule has 2 fully saturated rings. The van der Waals surface area contributed by atoms with Gasteiger partial charge in [-0.05, 0) is 59.8 Å². The summed E-state index contributed by atoms with van der Waals surface area (Å²) >= 11 is 0. The van der Waals surface area contributed by atoms with Crippen LogP contribution in [0.25, 0.3) is 10.9 Å². The first kappa shape index (κ1) is 58.4. The Labute approximate surface area is 448 Å². The Morgan fingerprint density at radius 1 is 0.526 bits per heavy atom. The van der Waals surface area contributed by atoms with E-state index in [0.29, 0.717) is 42.4 Å². The molecule has 0 bridgehead atoms. The number of H-pyrrole nitrogens is 1. The van der Waals surface area contributed by atoms with Crippen LogP contribution in [-0.2, 0) is 68.4 Å². The number of hydrogen-bond acceptors (Lipinski definition) is 9. The zero-order chi connectivity index (χ0) is 55.1. The topological polar surface area (TPSA) is 257 Å². The van der Waals surface area contributed by atoms with E-state index in [9.17, 15) is 42.6 Å². The number of aromatic amines is 1. The molecule has 4 aromatic rings. The van der Waals surface area contributed by atoms with E-state index >= 15 is 0 Å². The number of hydrogen-bond donors (Lipinski definition) is 8. The van der Waals surface area contributed by atoms with Gasteiger partial charge in [-0.3, -0.25) is 42.6 Å². The lowest BCUT2D eigenvalue weighted by Crippen LogP contribution is -2.63. The Hall–Kier alpha value is -6.89. The maximum absolute atomic E-state index is 15.0. The third-order valence-corrected chi connectivity index (χ3v) is 15.9. The third kappa shape index (κ3) is 15.4. The summed E-state index contributed by atoms with van der Waals surface area (Å²) in [6, 6.07) is 15.8. The molecule has 76 heavy (non-hydrogen) atoms. The Kier molecular flexibility index (Phi) is 21.3. The first-order valence-corrected chi connectivity index (χ1v) is 28.5. The second-order valence-electron chi connectivity index (χ2n) is 20.6. The Morgan fingerprint density at radius 2 is 0.961 bits per heavy atom. The largest absolute Gasteiger partial charge is 0.361 e. The number of carbonyl (C=O) groups is 8. The summed E-state index contributed by atoms with van der Waals surface area (Å²) in [6.45, 7) is 11.1. The first-order valence-electron chi connectivity index (χ1n) is 26.8. The Balaban J connectivity index is 1.46. The molecule has 19 heteroatoms. The van der Waals surface area contributed by atoms with Crippen LogP contribution in [0.5, 0.6) is 0 Å². The van der Waals surface area contributed by atoms with Crippen LogP contribution >= 0.6 is 0 Å². The Morgan fingerprint density at radius 3 is 1.50 bits per heavy atom. The molecule has 2 aliphatic heterocycles. The van der Waals surface area contributed by atoms with Gasteiger partial charge in [0.1, 0.15) is 48.3 Å². The monoisotopic (exact) mass is 1060 g/mol. The number of fused-ring (bicyclic) bond motifs is 2. The molecule has 410 valence electrons. The molecule has 0 spiro atoms. The van der Waals surface area contributed by atoms with Crippen molar-refractivity contribution in [2.24, 2.45) is 17.8 Å². The van der Waals surface area contributed by atoms with Gasteiger partial charge in [-0.25, -0.2) is 0 Å². The molecule has 8 amide bonds. The van der Waals surface area contributed by atoms with Crippen LogP contribution in [0.2, 0.25) is 0 Å². The second kappa shape index (κ2) is 27.8. The molecular weight excluding hydrogens is 987 g/mol. The van der Waals surface area contributed by atoms with E-state index in [0.717, 1.165) is 10.9 Å². The number of para-hydroxylation sites is 1. The number of carbonyl (C=O) groups excluding carboxylic acids is 8. The minimum Gasteiger partial charge on any atom is -0.361 e. The average Bonchev–Trinajstić information content (AvgIpc) is 4.09. The summed E-state index contributed by atoms with van der Waals surface area (Å²) in [5.41, 5.74) is 2.87. The molecule has 0 aliphatic carbocycles. The lowest BCUT2D eigenvalue weighted by atomic mass is 9.94. The van der Waals surface area contributed by atoms with Crippen molar-refractivity contribution in [3.8, 4) is 0 Å². The fraction of sp³-hybridized carbons (Fsp3) is 0.509. The van der Waals surface area contributed by atoms with Gasteiger partial charge in [-0.15, -0.1) is 0 Å². The zero-order valence-corrected chi connectivity index (χ0v) is 45.6. The number of benzene rings is 3. The van der Waals surface area contributed by atoms with Crippen molar-refractivity contribution < 1.29 is 42.6 Å². The normalized spacial score (nSPS) is 25.5. The van der Waals surface area contributed by atoms with Crippen molar-refractivity contribution in [1.29, 1.82) is 0 Å². The fourth-order valence-electron chi connectivity index (χ4n) is 9.79. The van der Waals surface area contributed by atoms with Crippen LogP contribution in [0.1, 0.15) is 96.8 Å². The van der Waals surface area contributed by atoms with E-state index in [1.807, 2.05) is 76.2 Å². The van der Waals surface area contributed by atoms with E-state index in [-0.39, 0.29) is 44.4 Å². The van der Waals surface area contributed by atoms with Gasteiger partial charge in [0.2, 0.25) is 47.3 Å². The van der Waals surface area contributed by atoms with Crippen molar-refractivity contribution in [2.45, 2.75) is 148 Å². The highest BCUT2D eigenvalue weighted by Gasteiger charge is 2.42. The molecule has 0 radical (unpaired) electrons. The fourth-order valence-corrected chi connectivity index (χ4v) is 10.4. The van der Waals surface area contributed by atoms with Crippen LogP contribution in [0, 0.1) is 17.8 Å². The maximum atomic E-state index is 15.0. The molecule has 3 aromatic carbocycles. The van der Waals surface area contributed by atoms with E-state index in [1.165, 1.54) is 11.2 Å². The predicted octanol–water partition coefficient (Wildman–Crippen LogP) is 3.50. The van der Waals surface area contributed by atoms with E-state index in [4.69, 9.17) is 0 Å². The van der Waals surface area contributed by atoms with Gasteiger partial charge < -0.3 is 47.1 Å². The maximum Gasteiger partial charge on any atom is 0.246 e. The molecule has 0 unspecified atom stereocenters. The van der Waals surface area contributed by atoms with Crippen LogP contribution in [0.4, 0.5) is 0 Å². The van der Waals surface area contributed by atoms with Crippen LogP contribution < -0.4 is 37.2 Å². The number of nitrogens with one attached hydrogen (secondary N) is 8. The number of amides is 8. The molecule has 3 heterocycles. The summed E-state index contributed by atoms with van der Waals surface area (Å²) in [5, 5.41) is 21.1. The van der Waals surface area contributed by atoms with E-state index in [1.54, 1.807) is 56.4 Å². The average molecular weight is 1060 g/mol. The van der Waals surface area contributed by atoms with Gasteiger partial charge in [0.25, 0.3) is 0 Å². The summed E-state index contributed by atoms with van der Waals surface area (Å²) in [4.78, 5) is 123. The lowest BCUT2D eigenvalue weighted by molar-refractivity contribution is -0.144. The molecule has 0 saturated carbocycles. The molecular formula is C57H77N9O9S. The second-order valence-corrected chi connectivity index (χ2v) is 22.1. The van der Waals surface area contributed by atoms with Crippen molar-refractivity contribution in [1.82, 2.24) is 47.1 Å². The summed E-state index contributed by atoms with van der Waals surface area (Å²) in [5.74, 6) is -6.68. The summed E-state index contributed by atoms with van der Waals surface area (Å²) < 4.78 is 12.5. The zero-order valence-electron chi connectivity index (χ0n) is 44.8. The summed E-state index contributed by atoms with van der Waals surface area (Å²) in [7, 11) is -1.39. The highest BCUT2D eigenvalue weighted by atomic mass is 32.2. The number of rotatable bonds is 15. The van der Waals surface area contributed by atoms with Crippen LogP contribution in [-0.4, -0.2) is 128 Å². The number of nitrogens with zero attached hydrogens (tertiary/aromatic N) is 1. The highest BCUT2D eigenvalue weighted by molar-refractivity contribution is 7.84. The SMILES string of the molecule is CC[C@@H](C)[C@@H]1NC(=O)[C@H](CC[S@](C)=O)NC(=O)[C@H]([C@@H](C)CC)NC(=O)[C@@H](Cc2c[nH]c3ccccc23)NC(=O)[C@H](Cc2ccccc2)NC(=O)[C@H](Cc2ccccc2)NC(=O)[C@@H]2CCCN2C(=O)[C@H]([C@@H](C)CC)NC1=O. The number of aromatic nitrogens is 1. The molecule has 1 aromatic heterocycles. The molecule has 18 nitrogen and oxygen atoms in total. The van der Waals surface area contributed by atoms with Crippen LogP contribution in [0.3, 0.4) is 0 Å². The smallest absolute Gasteiger partial charge is 0.246 e. The highest BCUT2D eigenvalue weighted by Crippen LogP contribution is 2.24. The summed E-state index contributed by atoms with van der Waals surface area (Å²) in [6.07, 6.45) is 5.15. The van der Waals surface area contributed by atoms with Gasteiger partial charge in [0.15, 0.2) is 0 Å². The van der Waals surface area contributed by atoms with Crippen molar-refractivity contribution in [3.63, 3.8) is 0 Å². The lowest BCUT2D eigenvalue weighted by Gasteiger charge is -2.34. The minimum absolute atomic E-state index is 0.0126. The third-order valence-electron chi connectivity index (χ3n) is 15.1. The minimum atomic E-state index is -1.39. The van der Waals surface area contributed by atoms with Crippen molar-refractivity contribution >= 4 is 69.0 Å². The molecule has 6 rings (SSSR count). The molecule has 2 saturated heterocycles. The van der Waals surface area contributed by atoms with Gasteiger partial charge in [-0.1, -0.05) is 140 Å². The quantitative estimate of drug-likeness (QED) is 0.0866. The van der Waals surface area contributed by atoms with Gasteiger partial charge in [0.05, 0.1) is 0 Å². The van der Waals surface area contributed by atoms with Crippen molar-refractivity contribution in [2.75, 3.05) is 18.6 Å². The standard InChI is InChI=1S/C57H77N9O9S/c1-8-34(4)47-55(72)59-42(27-29-76(7)75)50(67)63-48(35(5)9-2)56(73)65-49(36(6)10-3)57(74)66-28-19-26-46(66)54(71)62-44(31-38-22-15-12-16-23-38)52(69)60-43(30-37-20-13-11-14-21-37)51(68)61-45(53(70)64-47)32-39-33-58-41-25-18-17-24-40(39)41/h11-18,20-25,33-36,42-49,58H,8-10,19,26-32H2,1-7H3,(H,59,72)(H,60,69)(H,61,68)(H,62,71)(H,63,67)(H,64,70)(H,65,73)/t34-,35+,36-,42-,43-,44-,45+,46-,47-,48-,49-,76-/m0/s1. The van der Waals surface area contributed by atoms with Gasteiger partial charge in [-0.2, -0.15) is 0 Å². The molecule has 2 aliphatic rings. The molecule has 8 N–H and O–H groups in total. The predicted molar refractivity (Wildman–Crippen MR) is 292 cm³/mol. The van der Waals surface area contributed by atoms with E-state index in [2.05, 4.69) is 42.2 Å².